The molecule has 0 spiro atoms. The van der Waals surface area contributed by atoms with Crippen molar-refractivity contribution < 1.29 is 0 Å². The van der Waals surface area contributed by atoms with E-state index >= 15 is 0 Å². The first kappa shape index (κ1) is 22.9. The molecule has 0 N–H and O–H groups in total. The molecule has 6 heterocycles. The minimum atomic E-state index is 0.685. The standard InChI is InChI=1S/C24H34N12/c1-17-16-22-26-18(8-9-19-27-23(32(2)29-19)34-12-4-5-13-34)31-36(22)21(25-17)11-10-20-28-24(33(3)30-20)35-14-6-7-15-35/h16H,4-15H2,1-3H3. The molecule has 2 aliphatic rings. The number of fused-ring (bicyclic) bond motifs is 1. The molecule has 190 valence electrons. The first-order chi connectivity index (χ1) is 17.5. The minimum Gasteiger partial charge on any atom is -0.341 e. The lowest BCUT2D eigenvalue weighted by Gasteiger charge is -2.14. The highest BCUT2D eigenvalue weighted by molar-refractivity contribution is 5.39. The molecule has 2 aliphatic heterocycles. The third-order valence-corrected chi connectivity index (χ3v) is 7.05. The first-order valence-electron chi connectivity index (χ1n) is 13.1. The van der Waals surface area contributed by atoms with E-state index in [1.54, 1.807) is 0 Å². The van der Waals surface area contributed by atoms with Gasteiger partial charge in [0, 0.05) is 77.7 Å². The van der Waals surface area contributed by atoms with Crippen molar-refractivity contribution in [2.75, 3.05) is 36.0 Å². The number of anilines is 2. The Morgan fingerprint density at radius 2 is 1.14 bits per heavy atom. The third-order valence-electron chi connectivity index (χ3n) is 7.05. The third kappa shape index (κ3) is 4.51. The summed E-state index contributed by atoms with van der Waals surface area (Å²) in [4.78, 5) is 23.7. The van der Waals surface area contributed by atoms with Gasteiger partial charge in [-0.05, 0) is 32.6 Å². The van der Waals surface area contributed by atoms with Gasteiger partial charge in [0.15, 0.2) is 23.1 Å². The van der Waals surface area contributed by atoms with Crippen molar-refractivity contribution in [3.63, 3.8) is 0 Å². The Balaban J connectivity index is 1.15. The van der Waals surface area contributed by atoms with Gasteiger partial charge in [0.2, 0.25) is 11.9 Å². The van der Waals surface area contributed by atoms with Gasteiger partial charge >= 0.3 is 0 Å². The molecule has 4 aromatic rings. The van der Waals surface area contributed by atoms with Crippen LogP contribution in [0.1, 0.15) is 54.7 Å². The maximum Gasteiger partial charge on any atom is 0.223 e. The lowest BCUT2D eigenvalue weighted by molar-refractivity contribution is 0.698. The molecule has 0 unspecified atom stereocenters. The average Bonchev–Trinajstić information content (AvgIpc) is 3.67. The predicted octanol–water partition coefficient (Wildman–Crippen LogP) is 1.46. The highest BCUT2D eigenvalue weighted by Gasteiger charge is 2.20. The zero-order chi connectivity index (χ0) is 24.6. The fourth-order valence-electron chi connectivity index (χ4n) is 5.29. The van der Waals surface area contributed by atoms with Crippen LogP contribution in [-0.4, -0.2) is 75.3 Å². The van der Waals surface area contributed by atoms with E-state index in [1.807, 2.05) is 41.0 Å². The molecule has 0 aliphatic carbocycles. The highest BCUT2D eigenvalue weighted by atomic mass is 15.4. The Morgan fingerprint density at radius 1 is 0.639 bits per heavy atom. The van der Waals surface area contributed by atoms with Crippen molar-refractivity contribution >= 4 is 17.5 Å². The van der Waals surface area contributed by atoms with Gasteiger partial charge in [0.1, 0.15) is 5.82 Å². The maximum absolute atomic E-state index is 4.80. The summed E-state index contributed by atoms with van der Waals surface area (Å²) < 4.78 is 5.66. The molecular weight excluding hydrogens is 456 g/mol. The first-order valence-corrected chi connectivity index (χ1v) is 13.1. The molecule has 0 aromatic carbocycles. The van der Waals surface area contributed by atoms with Crippen LogP contribution in [0.25, 0.3) is 5.65 Å². The number of aryl methyl sites for hydroxylation is 7. The molecule has 12 heteroatoms. The Bertz CT molecular complexity index is 1350. The normalized spacial score (nSPS) is 16.2. The van der Waals surface area contributed by atoms with E-state index < -0.39 is 0 Å². The smallest absolute Gasteiger partial charge is 0.223 e. The van der Waals surface area contributed by atoms with E-state index in [2.05, 4.69) is 20.0 Å². The van der Waals surface area contributed by atoms with Crippen molar-refractivity contribution in [2.24, 2.45) is 14.1 Å². The molecule has 0 atom stereocenters. The van der Waals surface area contributed by atoms with Crippen LogP contribution < -0.4 is 9.80 Å². The van der Waals surface area contributed by atoms with E-state index in [1.165, 1.54) is 25.7 Å². The second-order valence-corrected chi connectivity index (χ2v) is 9.90. The Labute approximate surface area is 210 Å². The zero-order valence-corrected chi connectivity index (χ0v) is 21.4. The molecule has 36 heavy (non-hydrogen) atoms. The van der Waals surface area contributed by atoms with E-state index in [4.69, 9.17) is 25.0 Å². The summed E-state index contributed by atoms with van der Waals surface area (Å²) >= 11 is 0. The number of rotatable bonds is 8. The average molecular weight is 491 g/mol. The van der Waals surface area contributed by atoms with Gasteiger partial charge in [-0.3, -0.25) is 0 Å². The SMILES string of the molecule is Cc1cc2nc(CCc3nc(N4CCCC4)n(C)n3)nn2c(CCc2nc(N3CCCC3)n(C)n2)n1. The van der Waals surface area contributed by atoms with Crippen molar-refractivity contribution in [1.82, 2.24) is 49.1 Å². The summed E-state index contributed by atoms with van der Waals surface area (Å²) in [5, 5.41) is 14.1. The van der Waals surface area contributed by atoms with Gasteiger partial charge in [0.05, 0.1) is 0 Å². The van der Waals surface area contributed by atoms with Gasteiger partial charge in [-0.2, -0.15) is 24.7 Å². The Kier molecular flexibility index (Phi) is 6.02. The number of hydrogen-bond acceptors (Lipinski definition) is 9. The molecule has 2 fully saturated rings. The van der Waals surface area contributed by atoms with Crippen molar-refractivity contribution in [3.05, 3.63) is 35.1 Å². The quantitative estimate of drug-likeness (QED) is 0.362. The van der Waals surface area contributed by atoms with Crippen LogP contribution in [0, 0.1) is 6.92 Å². The summed E-state index contributed by atoms with van der Waals surface area (Å²) in [5.74, 6) is 5.26. The van der Waals surface area contributed by atoms with Crippen LogP contribution in [0.5, 0.6) is 0 Å². The predicted molar refractivity (Wildman–Crippen MR) is 135 cm³/mol. The molecule has 0 amide bonds. The molecule has 0 saturated carbocycles. The fraction of sp³-hybridized carbons (Fsp3) is 0.625. The molecule has 12 nitrogen and oxygen atoms in total. The van der Waals surface area contributed by atoms with E-state index in [9.17, 15) is 0 Å². The van der Waals surface area contributed by atoms with Crippen molar-refractivity contribution in [3.8, 4) is 0 Å². The molecule has 4 aromatic heterocycles. The summed E-state index contributed by atoms with van der Waals surface area (Å²) in [6.07, 6.45) is 7.68. The van der Waals surface area contributed by atoms with E-state index in [-0.39, 0.29) is 0 Å². The summed E-state index contributed by atoms with van der Waals surface area (Å²) in [5.41, 5.74) is 1.76. The maximum atomic E-state index is 4.80. The van der Waals surface area contributed by atoms with Gasteiger partial charge in [-0.15, -0.1) is 5.10 Å². The topological polar surface area (TPSA) is 111 Å². The molecule has 6 rings (SSSR count). The molecular formula is C24H34N12. The number of hydrogen-bond donors (Lipinski definition) is 0. The van der Waals surface area contributed by atoms with Gasteiger partial charge < -0.3 is 9.80 Å². The van der Waals surface area contributed by atoms with E-state index in [0.717, 1.165) is 72.7 Å². The molecule has 0 radical (unpaired) electrons. The highest BCUT2D eigenvalue weighted by Crippen LogP contribution is 2.19. The monoisotopic (exact) mass is 490 g/mol. The second kappa shape index (κ2) is 9.47. The molecule has 2 saturated heterocycles. The second-order valence-electron chi connectivity index (χ2n) is 9.90. The molecule has 0 bridgehead atoms. The van der Waals surface area contributed by atoms with Crippen molar-refractivity contribution in [1.29, 1.82) is 0 Å². The van der Waals surface area contributed by atoms with Crippen LogP contribution in [-0.2, 0) is 39.8 Å². The number of aromatic nitrogens is 10. The Hall–Kier alpha value is -3.57. The van der Waals surface area contributed by atoms with Crippen LogP contribution >= 0.6 is 0 Å². The van der Waals surface area contributed by atoms with Crippen LogP contribution in [0.2, 0.25) is 0 Å². The van der Waals surface area contributed by atoms with Crippen LogP contribution in [0.15, 0.2) is 6.07 Å². The zero-order valence-electron chi connectivity index (χ0n) is 21.4. The Morgan fingerprint density at radius 3 is 1.69 bits per heavy atom. The van der Waals surface area contributed by atoms with E-state index in [0.29, 0.717) is 25.7 Å². The largest absolute Gasteiger partial charge is 0.341 e. The fourth-order valence-corrected chi connectivity index (χ4v) is 5.29. The van der Waals surface area contributed by atoms with Gasteiger partial charge in [0.25, 0.3) is 0 Å². The summed E-state index contributed by atoms with van der Waals surface area (Å²) in [7, 11) is 3.94. The lowest BCUT2D eigenvalue weighted by atomic mass is 10.2. The van der Waals surface area contributed by atoms with Gasteiger partial charge in [-0.25, -0.2) is 19.3 Å². The minimum absolute atomic E-state index is 0.685. The number of nitrogens with zero attached hydrogens (tertiary/aromatic N) is 12. The summed E-state index contributed by atoms with van der Waals surface area (Å²) in [6, 6.07) is 1.98. The van der Waals surface area contributed by atoms with Gasteiger partial charge in [-0.1, -0.05) is 0 Å². The van der Waals surface area contributed by atoms with Crippen molar-refractivity contribution in [2.45, 2.75) is 58.3 Å². The van der Waals surface area contributed by atoms with Crippen LogP contribution in [0.3, 0.4) is 0 Å². The lowest BCUT2D eigenvalue weighted by Crippen LogP contribution is -2.21. The van der Waals surface area contributed by atoms with Crippen LogP contribution in [0.4, 0.5) is 11.9 Å². The summed E-state index contributed by atoms with van der Waals surface area (Å²) in [6.45, 7) is 6.23.